The van der Waals surface area contributed by atoms with Crippen LogP contribution in [0, 0.1) is 6.92 Å². The lowest BCUT2D eigenvalue weighted by molar-refractivity contribution is 0.525. The zero-order chi connectivity index (χ0) is 13.0. The summed E-state index contributed by atoms with van der Waals surface area (Å²) in [5, 5.41) is 0. The molecule has 98 valence electrons. The first kappa shape index (κ1) is 13.0. The number of nitrogens with one attached hydrogen (secondary N) is 1. The molecule has 0 radical (unpaired) electrons. The molecular weight excluding hydrogens is 274 g/mol. The first-order valence-electron chi connectivity index (χ1n) is 5.23. The third-order valence-corrected chi connectivity index (χ3v) is 3.92. The zero-order valence-electron chi connectivity index (χ0n) is 9.75. The fraction of sp³-hybridized carbons (Fsp3) is 0.444. The molecule has 0 saturated carbocycles. The van der Waals surface area contributed by atoms with E-state index in [9.17, 15) is 4.79 Å². The van der Waals surface area contributed by atoms with E-state index in [1.54, 1.807) is 11.8 Å². The highest BCUT2D eigenvalue weighted by Crippen LogP contribution is 2.13. The van der Waals surface area contributed by atoms with Gasteiger partial charge in [-0.2, -0.15) is 20.2 Å². The highest BCUT2D eigenvalue weighted by Gasteiger charge is 2.04. The number of rotatable bonds is 6. The molecule has 18 heavy (non-hydrogen) atoms. The summed E-state index contributed by atoms with van der Waals surface area (Å²) < 4.78 is 10.2. The Morgan fingerprint density at radius 2 is 2.50 bits per heavy atom. The highest BCUT2D eigenvalue weighted by molar-refractivity contribution is 7.98. The lowest BCUT2D eigenvalue weighted by Crippen LogP contribution is -2.26. The second-order valence-corrected chi connectivity index (χ2v) is 5.29. The third-order valence-electron chi connectivity index (χ3n) is 2.21. The Morgan fingerprint density at radius 3 is 3.11 bits per heavy atom. The maximum absolute atomic E-state index is 11.4. The molecule has 2 heterocycles. The number of hydrogen-bond acceptors (Lipinski definition) is 8. The van der Waals surface area contributed by atoms with Crippen molar-refractivity contribution in [1.29, 1.82) is 0 Å². The Balaban J connectivity index is 1.69. The number of nitrogens with zero attached hydrogens (tertiary/aromatic N) is 3. The number of thioether (sulfide) groups is 1. The van der Waals surface area contributed by atoms with Gasteiger partial charge in [-0.1, -0.05) is 0 Å². The number of aromatic nitrogens is 3. The number of oxazole rings is 1. The molecule has 0 bridgehead atoms. The van der Waals surface area contributed by atoms with Crippen molar-refractivity contribution in [2.45, 2.75) is 12.7 Å². The van der Waals surface area contributed by atoms with Crippen LogP contribution in [0.1, 0.15) is 11.5 Å². The van der Waals surface area contributed by atoms with E-state index < -0.39 is 0 Å². The molecule has 0 aromatic carbocycles. The summed E-state index contributed by atoms with van der Waals surface area (Å²) in [6, 6.07) is 0. The Labute approximate surface area is 112 Å². The normalized spacial score (nSPS) is 10.7. The van der Waals surface area contributed by atoms with Gasteiger partial charge < -0.3 is 15.6 Å². The van der Waals surface area contributed by atoms with Crippen molar-refractivity contribution in [3.63, 3.8) is 0 Å². The van der Waals surface area contributed by atoms with E-state index in [0.29, 0.717) is 6.54 Å². The second-order valence-electron chi connectivity index (χ2n) is 3.47. The van der Waals surface area contributed by atoms with Gasteiger partial charge >= 0.3 is 5.56 Å². The molecule has 0 atom stereocenters. The van der Waals surface area contributed by atoms with E-state index >= 15 is 0 Å². The molecule has 0 aliphatic heterocycles. The average Bonchev–Trinajstić information content (AvgIpc) is 2.89. The Morgan fingerprint density at radius 1 is 1.67 bits per heavy atom. The van der Waals surface area contributed by atoms with E-state index in [1.807, 2.05) is 6.92 Å². The molecule has 7 nitrogen and oxygen atoms in total. The van der Waals surface area contributed by atoms with Crippen molar-refractivity contribution in [2.24, 2.45) is 0 Å². The van der Waals surface area contributed by atoms with Crippen molar-refractivity contribution >= 4 is 29.3 Å². The molecule has 2 aromatic heterocycles. The minimum Gasteiger partial charge on any atom is -0.448 e. The lowest BCUT2D eigenvalue weighted by atomic mass is 10.4. The van der Waals surface area contributed by atoms with E-state index in [0.717, 1.165) is 34.7 Å². The quantitative estimate of drug-likeness (QED) is 0.753. The van der Waals surface area contributed by atoms with Crippen molar-refractivity contribution in [2.75, 3.05) is 23.5 Å². The van der Waals surface area contributed by atoms with Crippen LogP contribution in [0.5, 0.6) is 0 Å². The topological polar surface area (TPSA) is 99.0 Å². The minimum atomic E-state index is -0.294. The van der Waals surface area contributed by atoms with Gasteiger partial charge in [-0.25, -0.2) is 4.98 Å². The molecule has 0 fully saturated rings. The molecule has 0 unspecified atom stereocenters. The van der Waals surface area contributed by atoms with Crippen molar-refractivity contribution in [3.8, 4) is 0 Å². The van der Waals surface area contributed by atoms with Crippen LogP contribution >= 0.6 is 23.5 Å². The smallest absolute Gasteiger partial charge is 0.323 e. The summed E-state index contributed by atoms with van der Waals surface area (Å²) in [6.45, 7) is 2.55. The maximum atomic E-state index is 11.4. The highest BCUT2D eigenvalue weighted by atomic mass is 32.2. The Bertz CT molecular complexity index is 561. The molecular formula is C9H13N5O2S2. The molecule has 9 heteroatoms. The van der Waals surface area contributed by atoms with Gasteiger partial charge in [0.25, 0.3) is 0 Å². The number of nitrogens with two attached hydrogens (primary N) is 1. The summed E-state index contributed by atoms with van der Waals surface area (Å²) in [5.74, 6) is 2.51. The molecule has 0 aliphatic carbocycles. The number of hydrogen-bond donors (Lipinski definition) is 2. The van der Waals surface area contributed by atoms with Gasteiger partial charge in [-0.15, -0.1) is 0 Å². The molecule has 3 N–H and O–H groups in total. The van der Waals surface area contributed by atoms with Crippen LogP contribution < -0.4 is 16.7 Å². The van der Waals surface area contributed by atoms with E-state index in [1.165, 1.54) is 10.5 Å². The van der Waals surface area contributed by atoms with Gasteiger partial charge in [0.05, 0.1) is 17.4 Å². The van der Waals surface area contributed by atoms with Crippen LogP contribution in [0.2, 0.25) is 0 Å². The first-order chi connectivity index (χ1) is 8.68. The van der Waals surface area contributed by atoms with Gasteiger partial charge in [0.2, 0.25) is 5.82 Å². The summed E-state index contributed by atoms with van der Waals surface area (Å²) in [4.78, 5) is 15.5. The van der Waals surface area contributed by atoms with Gasteiger partial charge in [0.15, 0.2) is 6.39 Å². The molecule has 0 aliphatic rings. The van der Waals surface area contributed by atoms with E-state index in [-0.39, 0.29) is 11.4 Å². The van der Waals surface area contributed by atoms with Gasteiger partial charge in [-0.05, 0) is 6.92 Å². The molecule has 2 rings (SSSR count). The lowest BCUT2D eigenvalue weighted by Gasteiger charge is -2.03. The van der Waals surface area contributed by atoms with Gasteiger partial charge in [0.1, 0.15) is 5.76 Å². The van der Waals surface area contributed by atoms with E-state index in [4.69, 9.17) is 10.2 Å². The predicted octanol–water partition coefficient (Wildman–Crippen LogP) is 0.660. The van der Waals surface area contributed by atoms with Gasteiger partial charge in [0, 0.05) is 18.1 Å². The monoisotopic (exact) mass is 287 g/mol. The standard InChI is InChI=1S/C9H13N5O2S2/c1-6-7(11-5-16-6)4-17-3-2-12-14-9(15)8(10)13-18-14/h5,12H,2-4H2,1H3,(H2,10,13). The van der Waals surface area contributed by atoms with Gasteiger partial charge in [-0.3, -0.25) is 4.79 Å². The summed E-state index contributed by atoms with van der Waals surface area (Å²) in [5.41, 5.74) is 8.96. The molecule has 2 aromatic rings. The van der Waals surface area contributed by atoms with Crippen LogP contribution in [0.3, 0.4) is 0 Å². The zero-order valence-corrected chi connectivity index (χ0v) is 11.4. The molecule has 0 amide bonds. The largest absolute Gasteiger partial charge is 0.448 e. The minimum absolute atomic E-state index is 0.0263. The van der Waals surface area contributed by atoms with Crippen molar-refractivity contribution in [1.82, 2.24) is 13.4 Å². The number of nitrogen functional groups attached to an aromatic ring is 1. The Kier molecular flexibility index (Phi) is 4.26. The van der Waals surface area contributed by atoms with Crippen LogP contribution in [0.25, 0.3) is 0 Å². The number of anilines is 1. The maximum Gasteiger partial charge on any atom is 0.323 e. The van der Waals surface area contributed by atoms with Crippen LogP contribution in [-0.2, 0) is 5.75 Å². The summed E-state index contributed by atoms with van der Waals surface area (Å²) >= 11 is 2.73. The summed E-state index contributed by atoms with van der Waals surface area (Å²) in [6.07, 6.45) is 1.45. The van der Waals surface area contributed by atoms with Crippen LogP contribution in [-0.4, -0.2) is 25.7 Å². The second kappa shape index (κ2) is 5.91. The van der Waals surface area contributed by atoms with Crippen molar-refractivity contribution in [3.05, 3.63) is 28.2 Å². The molecule has 0 spiro atoms. The van der Waals surface area contributed by atoms with Crippen LogP contribution in [0.15, 0.2) is 15.6 Å². The summed E-state index contributed by atoms with van der Waals surface area (Å²) in [7, 11) is 0. The predicted molar refractivity (Wildman–Crippen MR) is 72.4 cm³/mol. The van der Waals surface area contributed by atoms with Crippen molar-refractivity contribution < 1.29 is 4.42 Å². The third kappa shape index (κ3) is 3.05. The average molecular weight is 287 g/mol. The number of aryl methyl sites for hydroxylation is 1. The fourth-order valence-electron chi connectivity index (χ4n) is 1.22. The Hall–Kier alpha value is -1.48. The first-order valence-corrected chi connectivity index (χ1v) is 7.12. The van der Waals surface area contributed by atoms with Crippen LogP contribution in [0.4, 0.5) is 5.82 Å². The molecule has 0 saturated heterocycles. The fourth-order valence-corrected chi connectivity index (χ4v) is 2.64. The SMILES string of the molecule is Cc1ocnc1CSCCNn1snc(N)c1=O. The van der Waals surface area contributed by atoms with E-state index in [2.05, 4.69) is 14.8 Å².